The maximum Gasteiger partial charge on any atom is 0.270 e. The maximum absolute atomic E-state index is 13.0. The first-order chi connectivity index (χ1) is 13.4. The largest absolute Gasteiger partial charge is 0.380 e. The molecule has 7 nitrogen and oxygen atoms in total. The van der Waals surface area contributed by atoms with Gasteiger partial charge in [0, 0.05) is 32.6 Å². The van der Waals surface area contributed by atoms with Crippen molar-refractivity contribution < 1.29 is 14.7 Å². The molecule has 0 bridgehead atoms. The van der Waals surface area contributed by atoms with Gasteiger partial charge in [-0.15, -0.1) is 0 Å². The number of amides is 2. The summed E-state index contributed by atoms with van der Waals surface area (Å²) < 4.78 is 1.56. The third-order valence-corrected chi connectivity index (χ3v) is 5.95. The molecule has 2 atom stereocenters. The van der Waals surface area contributed by atoms with Crippen molar-refractivity contribution in [2.75, 3.05) is 13.1 Å². The third kappa shape index (κ3) is 3.30. The first-order valence-electron chi connectivity index (χ1n) is 9.75. The molecule has 0 spiro atoms. The van der Waals surface area contributed by atoms with E-state index < -0.39 is 5.60 Å². The van der Waals surface area contributed by atoms with E-state index in [4.69, 9.17) is 0 Å². The molecule has 1 aromatic carbocycles. The van der Waals surface area contributed by atoms with Crippen LogP contribution in [0.25, 0.3) is 0 Å². The number of hydrogen-bond donors (Lipinski definition) is 2. The molecule has 1 unspecified atom stereocenters. The average Bonchev–Trinajstić information content (AvgIpc) is 3.27. The second kappa shape index (κ2) is 7.05. The molecule has 1 saturated heterocycles. The minimum atomic E-state index is -1.36. The van der Waals surface area contributed by atoms with Crippen LogP contribution in [0.1, 0.15) is 40.0 Å². The fraction of sp³-hybridized carbons (Fsp3) is 0.476. The average molecular weight is 382 g/mol. The van der Waals surface area contributed by atoms with E-state index in [2.05, 4.69) is 16.5 Å². The highest BCUT2D eigenvalue weighted by atomic mass is 16.3. The van der Waals surface area contributed by atoms with E-state index in [1.54, 1.807) is 22.8 Å². The number of fused-ring (bicyclic) bond motifs is 1. The summed E-state index contributed by atoms with van der Waals surface area (Å²) in [5, 5.41) is 18.2. The lowest BCUT2D eigenvalue weighted by Gasteiger charge is -2.35. The van der Waals surface area contributed by atoms with Gasteiger partial charge in [0.05, 0.1) is 6.20 Å². The van der Waals surface area contributed by atoms with Gasteiger partial charge in [-0.2, -0.15) is 5.10 Å². The number of nitrogens with one attached hydrogen (secondary N) is 1. The second-order valence-electron chi connectivity index (χ2n) is 7.99. The maximum atomic E-state index is 13.0. The Balaban J connectivity index is 1.40. The van der Waals surface area contributed by atoms with Crippen LogP contribution in [0.4, 0.5) is 0 Å². The molecule has 2 aliphatic rings. The van der Waals surface area contributed by atoms with Crippen molar-refractivity contribution in [1.29, 1.82) is 0 Å². The van der Waals surface area contributed by atoms with E-state index in [0.29, 0.717) is 44.5 Å². The Morgan fingerprint density at radius 2 is 2.04 bits per heavy atom. The Hall–Kier alpha value is -2.67. The molecule has 1 aliphatic carbocycles. The molecule has 28 heavy (non-hydrogen) atoms. The Kier molecular flexibility index (Phi) is 4.71. The topological polar surface area (TPSA) is 87.5 Å². The van der Waals surface area contributed by atoms with Crippen LogP contribution in [0.2, 0.25) is 0 Å². The highest BCUT2D eigenvalue weighted by molar-refractivity contribution is 5.94. The zero-order valence-electron chi connectivity index (χ0n) is 16.3. The molecule has 1 aromatic heterocycles. The summed E-state index contributed by atoms with van der Waals surface area (Å²) in [7, 11) is 1.74. The number of aliphatic hydroxyl groups is 1. The van der Waals surface area contributed by atoms with E-state index in [1.807, 2.05) is 25.1 Å². The highest BCUT2D eigenvalue weighted by Crippen LogP contribution is 2.31. The van der Waals surface area contributed by atoms with Gasteiger partial charge in [-0.25, -0.2) is 0 Å². The predicted octanol–water partition coefficient (Wildman–Crippen LogP) is 0.979. The molecular formula is C21H26N4O3. The molecule has 7 heteroatoms. The van der Waals surface area contributed by atoms with Crippen LogP contribution in [0.15, 0.2) is 30.5 Å². The van der Waals surface area contributed by atoms with Crippen molar-refractivity contribution in [1.82, 2.24) is 20.0 Å². The lowest BCUT2D eigenvalue weighted by atomic mass is 9.79. The lowest BCUT2D eigenvalue weighted by molar-refractivity contribution is -0.151. The molecule has 0 saturated carbocycles. The van der Waals surface area contributed by atoms with Crippen molar-refractivity contribution >= 4 is 11.8 Å². The summed E-state index contributed by atoms with van der Waals surface area (Å²) in [6.45, 7) is 2.81. The lowest BCUT2D eigenvalue weighted by Crippen LogP contribution is -2.52. The van der Waals surface area contributed by atoms with E-state index in [-0.39, 0.29) is 17.9 Å². The number of rotatable bonds is 3. The molecular weight excluding hydrogens is 356 g/mol. The van der Waals surface area contributed by atoms with Crippen LogP contribution in [0.3, 0.4) is 0 Å². The molecule has 2 heterocycles. The molecule has 0 radical (unpaired) electrons. The third-order valence-electron chi connectivity index (χ3n) is 5.95. The van der Waals surface area contributed by atoms with Crippen LogP contribution in [-0.2, 0) is 24.7 Å². The quantitative estimate of drug-likeness (QED) is 0.828. The standard InChI is InChI=1S/C21H26N4O3/c1-14-12-22-24(2)18(14)19(26)23-17-8-10-25(13-17)20(27)21(28)9-7-15-5-3-4-6-16(15)11-21/h3-6,12,17,28H,7-11,13H2,1-2H3,(H,23,26)/t17-,21?/m1/s1. The monoisotopic (exact) mass is 382 g/mol. The zero-order chi connectivity index (χ0) is 19.9. The fourth-order valence-corrected chi connectivity index (χ4v) is 4.39. The van der Waals surface area contributed by atoms with Gasteiger partial charge in [0.25, 0.3) is 11.8 Å². The number of benzene rings is 1. The Morgan fingerprint density at radius 3 is 2.75 bits per heavy atom. The van der Waals surface area contributed by atoms with Crippen molar-refractivity contribution in [2.45, 2.75) is 44.2 Å². The van der Waals surface area contributed by atoms with Gasteiger partial charge in [-0.05, 0) is 42.9 Å². The number of aryl methyl sites for hydroxylation is 3. The Morgan fingerprint density at radius 1 is 1.29 bits per heavy atom. The van der Waals surface area contributed by atoms with Crippen LogP contribution in [0.5, 0.6) is 0 Å². The number of aromatic nitrogens is 2. The van der Waals surface area contributed by atoms with Gasteiger partial charge in [-0.1, -0.05) is 24.3 Å². The minimum absolute atomic E-state index is 0.120. The summed E-state index contributed by atoms with van der Waals surface area (Å²) in [5.74, 6) is -0.405. The Bertz CT molecular complexity index is 903. The van der Waals surface area contributed by atoms with Crippen LogP contribution >= 0.6 is 0 Å². The van der Waals surface area contributed by atoms with E-state index in [1.165, 1.54) is 5.56 Å². The number of nitrogens with zero attached hydrogens (tertiary/aromatic N) is 3. The first-order valence-corrected chi connectivity index (χ1v) is 9.75. The number of likely N-dealkylation sites (tertiary alicyclic amines) is 1. The SMILES string of the molecule is Cc1cnn(C)c1C(=O)N[C@@H]1CCN(C(=O)C2(O)CCc3ccccc3C2)C1. The van der Waals surface area contributed by atoms with Gasteiger partial charge < -0.3 is 15.3 Å². The smallest absolute Gasteiger partial charge is 0.270 e. The Labute approximate surface area is 164 Å². The highest BCUT2D eigenvalue weighted by Gasteiger charge is 2.43. The molecule has 1 fully saturated rings. The number of carbonyl (C=O) groups excluding carboxylic acids is 2. The summed E-state index contributed by atoms with van der Waals surface area (Å²) in [6, 6.07) is 7.85. The molecule has 148 valence electrons. The van der Waals surface area contributed by atoms with Crippen molar-refractivity contribution in [3.8, 4) is 0 Å². The molecule has 4 rings (SSSR count). The van der Waals surface area contributed by atoms with E-state index in [0.717, 1.165) is 11.1 Å². The predicted molar refractivity (Wildman–Crippen MR) is 104 cm³/mol. The first kappa shape index (κ1) is 18.7. The van der Waals surface area contributed by atoms with Gasteiger partial charge in [0.15, 0.2) is 0 Å². The summed E-state index contributed by atoms with van der Waals surface area (Å²) in [4.78, 5) is 27.3. The van der Waals surface area contributed by atoms with Gasteiger partial charge in [0.1, 0.15) is 11.3 Å². The molecule has 2 N–H and O–H groups in total. The van der Waals surface area contributed by atoms with E-state index >= 15 is 0 Å². The van der Waals surface area contributed by atoms with E-state index in [9.17, 15) is 14.7 Å². The van der Waals surface area contributed by atoms with Crippen LogP contribution in [-0.4, -0.2) is 56.3 Å². The van der Waals surface area contributed by atoms with Crippen LogP contribution in [0, 0.1) is 6.92 Å². The molecule has 2 aromatic rings. The van der Waals surface area contributed by atoms with Gasteiger partial charge >= 0.3 is 0 Å². The van der Waals surface area contributed by atoms with Gasteiger partial charge in [-0.3, -0.25) is 14.3 Å². The minimum Gasteiger partial charge on any atom is -0.380 e. The van der Waals surface area contributed by atoms with Crippen molar-refractivity contribution in [3.63, 3.8) is 0 Å². The van der Waals surface area contributed by atoms with Crippen molar-refractivity contribution in [3.05, 3.63) is 52.8 Å². The zero-order valence-corrected chi connectivity index (χ0v) is 16.3. The summed E-state index contributed by atoms with van der Waals surface area (Å²) in [6.07, 6.45) is 3.83. The normalized spacial score (nSPS) is 24.1. The number of hydrogen-bond acceptors (Lipinski definition) is 4. The molecule has 1 aliphatic heterocycles. The fourth-order valence-electron chi connectivity index (χ4n) is 4.39. The van der Waals surface area contributed by atoms with Crippen LogP contribution < -0.4 is 5.32 Å². The molecule has 2 amide bonds. The summed E-state index contributed by atoms with van der Waals surface area (Å²) in [5.41, 5.74) is 2.25. The van der Waals surface area contributed by atoms with Gasteiger partial charge in [0.2, 0.25) is 0 Å². The number of carbonyl (C=O) groups is 2. The summed E-state index contributed by atoms with van der Waals surface area (Å²) >= 11 is 0. The second-order valence-corrected chi connectivity index (χ2v) is 7.99. The van der Waals surface area contributed by atoms with Crippen molar-refractivity contribution in [2.24, 2.45) is 7.05 Å².